The van der Waals surface area contributed by atoms with Crippen LogP contribution in [0, 0.1) is 13.8 Å². The van der Waals surface area contributed by atoms with E-state index in [4.69, 9.17) is 0 Å². The number of aromatic hydroxyl groups is 4. The fourth-order valence-corrected chi connectivity index (χ4v) is 2.10. The molecule has 100 valence electrons. The van der Waals surface area contributed by atoms with Crippen LogP contribution in [0.3, 0.4) is 0 Å². The normalized spacial score (nSPS) is 10.6. The molecule has 0 atom stereocenters. The Morgan fingerprint density at radius 2 is 0.895 bits per heavy atom. The lowest BCUT2D eigenvalue weighted by atomic mass is 9.99. The van der Waals surface area contributed by atoms with Gasteiger partial charge in [0.05, 0.1) is 0 Å². The Morgan fingerprint density at radius 1 is 0.632 bits per heavy atom. The van der Waals surface area contributed by atoms with Gasteiger partial charge in [0.2, 0.25) is 0 Å². The SMILES string of the molecule is Cc1cc(O)c(Cc2c(O)cc(C)cc2O)c(O)c1. The van der Waals surface area contributed by atoms with Crippen molar-refractivity contribution in [1.82, 2.24) is 0 Å². The maximum atomic E-state index is 9.85. The molecule has 2 aromatic rings. The van der Waals surface area contributed by atoms with E-state index >= 15 is 0 Å². The van der Waals surface area contributed by atoms with Crippen molar-refractivity contribution >= 4 is 0 Å². The van der Waals surface area contributed by atoms with Crippen molar-refractivity contribution in [2.24, 2.45) is 0 Å². The number of hydrogen-bond acceptors (Lipinski definition) is 4. The molecule has 0 fully saturated rings. The van der Waals surface area contributed by atoms with E-state index in [1.165, 1.54) is 24.3 Å². The van der Waals surface area contributed by atoms with Gasteiger partial charge in [0.1, 0.15) is 23.0 Å². The lowest BCUT2D eigenvalue weighted by Gasteiger charge is -2.12. The summed E-state index contributed by atoms with van der Waals surface area (Å²) in [6.07, 6.45) is 0.0515. The third-order valence-corrected chi connectivity index (χ3v) is 3.05. The van der Waals surface area contributed by atoms with E-state index in [0.29, 0.717) is 0 Å². The Bertz CT molecular complexity index is 531. The van der Waals surface area contributed by atoms with Gasteiger partial charge in [0.25, 0.3) is 0 Å². The molecule has 0 amide bonds. The van der Waals surface area contributed by atoms with Crippen molar-refractivity contribution in [1.29, 1.82) is 0 Å². The fraction of sp³-hybridized carbons (Fsp3) is 0.200. The van der Waals surface area contributed by atoms with Crippen molar-refractivity contribution in [2.75, 3.05) is 0 Å². The van der Waals surface area contributed by atoms with Crippen LogP contribution in [0.1, 0.15) is 22.3 Å². The summed E-state index contributed by atoms with van der Waals surface area (Å²) in [5, 5.41) is 39.4. The van der Waals surface area contributed by atoms with Crippen LogP contribution in [0.15, 0.2) is 24.3 Å². The van der Waals surface area contributed by atoms with Crippen molar-refractivity contribution in [3.63, 3.8) is 0 Å². The van der Waals surface area contributed by atoms with E-state index in [-0.39, 0.29) is 40.5 Å². The average Bonchev–Trinajstić information content (AvgIpc) is 2.25. The molecule has 2 aromatic carbocycles. The lowest BCUT2D eigenvalue weighted by Crippen LogP contribution is -1.93. The second-order valence-corrected chi connectivity index (χ2v) is 4.74. The summed E-state index contributed by atoms with van der Waals surface area (Å²) in [7, 11) is 0. The smallest absolute Gasteiger partial charge is 0.123 e. The summed E-state index contributed by atoms with van der Waals surface area (Å²) >= 11 is 0. The van der Waals surface area contributed by atoms with E-state index in [1.54, 1.807) is 13.8 Å². The van der Waals surface area contributed by atoms with Crippen LogP contribution in [0.25, 0.3) is 0 Å². The zero-order valence-corrected chi connectivity index (χ0v) is 10.8. The van der Waals surface area contributed by atoms with Crippen LogP contribution in [-0.4, -0.2) is 20.4 Å². The Balaban J connectivity index is 2.48. The molecule has 2 rings (SSSR count). The average molecular weight is 260 g/mol. The van der Waals surface area contributed by atoms with Gasteiger partial charge in [-0.05, 0) is 49.2 Å². The number of benzene rings is 2. The highest BCUT2D eigenvalue weighted by Crippen LogP contribution is 2.36. The fourth-order valence-electron chi connectivity index (χ4n) is 2.10. The van der Waals surface area contributed by atoms with Gasteiger partial charge >= 0.3 is 0 Å². The molecule has 0 aliphatic rings. The van der Waals surface area contributed by atoms with E-state index < -0.39 is 0 Å². The maximum Gasteiger partial charge on any atom is 0.123 e. The van der Waals surface area contributed by atoms with Crippen molar-refractivity contribution in [3.8, 4) is 23.0 Å². The quantitative estimate of drug-likeness (QED) is 0.669. The summed E-state index contributed by atoms with van der Waals surface area (Å²) in [5.74, 6) is -0.234. The Morgan fingerprint density at radius 3 is 1.16 bits per heavy atom. The number of hydrogen-bond donors (Lipinski definition) is 4. The third kappa shape index (κ3) is 2.57. The molecule has 0 saturated carbocycles. The van der Waals surface area contributed by atoms with Gasteiger partial charge in [-0.2, -0.15) is 0 Å². The molecule has 0 bridgehead atoms. The topological polar surface area (TPSA) is 80.9 Å². The minimum absolute atomic E-state index is 0.0515. The molecule has 0 spiro atoms. The predicted octanol–water partition coefficient (Wildman–Crippen LogP) is 2.72. The summed E-state index contributed by atoms with van der Waals surface area (Å²) in [4.78, 5) is 0. The van der Waals surface area contributed by atoms with Crippen LogP contribution in [0.2, 0.25) is 0 Å². The molecule has 0 aromatic heterocycles. The summed E-state index contributed by atoms with van der Waals surface area (Å²) < 4.78 is 0. The van der Waals surface area contributed by atoms with Gasteiger partial charge in [-0.15, -0.1) is 0 Å². The predicted molar refractivity (Wildman–Crippen MR) is 71.8 cm³/mol. The summed E-state index contributed by atoms with van der Waals surface area (Å²) in [5.41, 5.74) is 2.02. The first-order valence-electron chi connectivity index (χ1n) is 5.91. The Hall–Kier alpha value is -2.36. The first kappa shape index (κ1) is 13.1. The minimum Gasteiger partial charge on any atom is -0.508 e. The maximum absolute atomic E-state index is 9.85. The molecule has 19 heavy (non-hydrogen) atoms. The number of phenols is 4. The number of rotatable bonds is 2. The molecular formula is C15H16O4. The largest absolute Gasteiger partial charge is 0.508 e. The number of aryl methyl sites for hydroxylation is 2. The molecule has 4 N–H and O–H groups in total. The van der Waals surface area contributed by atoms with Crippen LogP contribution in [-0.2, 0) is 6.42 Å². The summed E-state index contributed by atoms with van der Waals surface area (Å²) in [6.45, 7) is 3.51. The molecule has 0 aliphatic carbocycles. The second kappa shape index (κ2) is 4.72. The van der Waals surface area contributed by atoms with Crippen LogP contribution >= 0.6 is 0 Å². The van der Waals surface area contributed by atoms with Crippen LogP contribution < -0.4 is 0 Å². The van der Waals surface area contributed by atoms with Gasteiger partial charge < -0.3 is 20.4 Å². The van der Waals surface area contributed by atoms with Gasteiger partial charge in [0.15, 0.2) is 0 Å². The number of phenolic OH excluding ortho intramolecular Hbond substituents is 4. The van der Waals surface area contributed by atoms with Crippen LogP contribution in [0.5, 0.6) is 23.0 Å². The molecule has 0 aliphatic heterocycles. The van der Waals surface area contributed by atoms with Crippen molar-refractivity contribution in [2.45, 2.75) is 20.3 Å². The highest BCUT2D eigenvalue weighted by molar-refractivity contribution is 5.54. The second-order valence-electron chi connectivity index (χ2n) is 4.74. The van der Waals surface area contributed by atoms with Crippen molar-refractivity contribution in [3.05, 3.63) is 46.5 Å². The first-order valence-corrected chi connectivity index (χ1v) is 5.91. The molecule has 0 heterocycles. The van der Waals surface area contributed by atoms with Gasteiger partial charge in [-0.25, -0.2) is 0 Å². The van der Waals surface area contributed by atoms with Gasteiger partial charge in [0, 0.05) is 17.5 Å². The monoisotopic (exact) mass is 260 g/mol. The molecular weight excluding hydrogens is 244 g/mol. The molecule has 0 unspecified atom stereocenters. The zero-order valence-electron chi connectivity index (χ0n) is 10.8. The highest BCUT2D eigenvalue weighted by atomic mass is 16.3. The molecule has 4 nitrogen and oxygen atoms in total. The van der Waals surface area contributed by atoms with E-state index in [0.717, 1.165) is 11.1 Å². The Labute approximate surface area is 111 Å². The molecule has 0 radical (unpaired) electrons. The highest BCUT2D eigenvalue weighted by Gasteiger charge is 2.15. The molecule has 0 saturated heterocycles. The van der Waals surface area contributed by atoms with Crippen molar-refractivity contribution < 1.29 is 20.4 Å². The van der Waals surface area contributed by atoms with E-state index in [1.807, 2.05) is 0 Å². The van der Waals surface area contributed by atoms with E-state index in [2.05, 4.69) is 0 Å². The van der Waals surface area contributed by atoms with Gasteiger partial charge in [-0.3, -0.25) is 0 Å². The third-order valence-electron chi connectivity index (χ3n) is 3.05. The first-order chi connectivity index (χ1) is 8.88. The minimum atomic E-state index is -0.0584. The lowest BCUT2D eigenvalue weighted by molar-refractivity contribution is 0.429. The van der Waals surface area contributed by atoms with E-state index in [9.17, 15) is 20.4 Å². The Kier molecular flexibility index (Phi) is 3.25. The van der Waals surface area contributed by atoms with Gasteiger partial charge in [-0.1, -0.05) is 0 Å². The summed E-state index contributed by atoms with van der Waals surface area (Å²) in [6, 6.07) is 6.10. The molecule has 4 heteroatoms. The standard InChI is InChI=1S/C15H16O4/c1-8-3-12(16)10(13(17)4-8)7-11-14(18)5-9(2)6-15(11)19/h3-6,16-19H,7H2,1-2H3. The zero-order chi connectivity index (χ0) is 14.2. The van der Waals surface area contributed by atoms with Crippen LogP contribution in [0.4, 0.5) is 0 Å².